The molecule has 3 N–H and O–H groups in total. The van der Waals surface area contributed by atoms with Gasteiger partial charge in [0.15, 0.2) is 0 Å². The van der Waals surface area contributed by atoms with Gasteiger partial charge < -0.3 is 10.4 Å². The lowest BCUT2D eigenvalue weighted by Crippen LogP contribution is -2.25. The normalized spacial score (nSPS) is 13.3. The summed E-state index contributed by atoms with van der Waals surface area (Å²) >= 11 is 0. The number of nitrogens with zero attached hydrogens (tertiary/aromatic N) is 1. The lowest BCUT2D eigenvalue weighted by Gasteiger charge is -2.14. The van der Waals surface area contributed by atoms with Gasteiger partial charge in [-0.3, -0.25) is 14.6 Å². The number of pyridine rings is 1. The van der Waals surface area contributed by atoms with E-state index in [0.717, 1.165) is 17.4 Å². The Hall–Kier alpha value is -2.01. The van der Waals surface area contributed by atoms with Gasteiger partial charge in [0.25, 0.3) is 5.91 Å². The predicted molar refractivity (Wildman–Crippen MR) is 109 cm³/mol. The highest BCUT2D eigenvalue weighted by molar-refractivity contribution is 7.22. The predicted octanol–water partition coefficient (Wildman–Crippen LogP) is 3.56. The Morgan fingerprint density at radius 1 is 1.38 bits per heavy atom. The summed E-state index contributed by atoms with van der Waals surface area (Å²) in [6.45, 7) is 6.32. The first kappa shape index (κ1) is 22.0. The van der Waals surface area contributed by atoms with Crippen LogP contribution in [0.1, 0.15) is 44.0 Å². The summed E-state index contributed by atoms with van der Waals surface area (Å²) in [5.74, 6) is -0.365. The standard InChI is InChI=1S/C17H22N3O3P.C2H6/c1-12-3-5-14(16(24)6-4-12)19-15-11-18-8-7-13(15)17(22)20-23-10-2-9-21;1-2/h3-5,7-8,11,19,21H,2,6,9-10,24H2,1H3,(H,20,22);1-2H3. The van der Waals surface area contributed by atoms with Crippen LogP contribution in [0, 0.1) is 0 Å². The van der Waals surface area contributed by atoms with E-state index in [1.165, 1.54) is 5.57 Å². The largest absolute Gasteiger partial charge is 0.396 e. The maximum atomic E-state index is 12.3. The molecule has 7 heteroatoms. The first-order chi connectivity index (χ1) is 12.6. The van der Waals surface area contributed by atoms with E-state index in [1.54, 1.807) is 18.5 Å². The van der Waals surface area contributed by atoms with Crippen LogP contribution in [-0.4, -0.2) is 29.2 Å². The molecule has 0 fully saturated rings. The average Bonchev–Trinajstić information content (AvgIpc) is 2.83. The fourth-order valence-electron chi connectivity index (χ4n) is 2.04. The van der Waals surface area contributed by atoms with Crippen molar-refractivity contribution >= 4 is 20.8 Å². The van der Waals surface area contributed by atoms with Crippen LogP contribution in [0.15, 0.2) is 53.3 Å². The lowest BCUT2D eigenvalue weighted by atomic mass is 10.2. The first-order valence-electron chi connectivity index (χ1n) is 8.69. The molecule has 0 bridgehead atoms. The third kappa shape index (κ3) is 7.08. The van der Waals surface area contributed by atoms with Crippen molar-refractivity contribution < 1.29 is 14.7 Å². The Kier molecular flexibility index (Phi) is 10.5. The molecule has 26 heavy (non-hydrogen) atoms. The fourth-order valence-corrected chi connectivity index (χ4v) is 2.32. The van der Waals surface area contributed by atoms with Gasteiger partial charge in [0.1, 0.15) is 0 Å². The first-order valence-corrected chi connectivity index (χ1v) is 9.27. The van der Waals surface area contributed by atoms with Gasteiger partial charge in [-0.15, -0.1) is 9.24 Å². The molecule has 1 aliphatic carbocycles. The molecule has 6 nitrogen and oxygen atoms in total. The summed E-state index contributed by atoms with van der Waals surface area (Å²) < 4.78 is 0. The molecule has 142 valence electrons. The molecular formula is C19H28N3O3P. The number of amides is 1. The van der Waals surface area contributed by atoms with Gasteiger partial charge in [-0.25, -0.2) is 5.48 Å². The molecule has 1 aromatic rings. The van der Waals surface area contributed by atoms with Gasteiger partial charge in [0, 0.05) is 18.5 Å². The summed E-state index contributed by atoms with van der Waals surface area (Å²) in [7, 11) is 2.72. The number of hydrogen-bond acceptors (Lipinski definition) is 5. The minimum atomic E-state index is -0.365. The Morgan fingerprint density at radius 3 is 2.88 bits per heavy atom. The van der Waals surface area contributed by atoms with E-state index in [1.807, 2.05) is 32.9 Å². The van der Waals surface area contributed by atoms with Crippen molar-refractivity contribution in [3.8, 4) is 0 Å². The van der Waals surface area contributed by atoms with Gasteiger partial charge in [-0.1, -0.05) is 31.6 Å². The number of aliphatic hydroxyl groups excluding tert-OH is 1. The maximum Gasteiger partial charge on any atom is 0.277 e. The van der Waals surface area contributed by atoms with Gasteiger partial charge >= 0.3 is 0 Å². The van der Waals surface area contributed by atoms with Crippen molar-refractivity contribution in [1.82, 2.24) is 10.5 Å². The molecule has 1 unspecified atom stereocenters. The molecule has 2 rings (SSSR count). The van der Waals surface area contributed by atoms with E-state index in [9.17, 15) is 4.79 Å². The number of aliphatic hydroxyl groups is 1. The Balaban J connectivity index is 0.00000163. The van der Waals surface area contributed by atoms with E-state index in [4.69, 9.17) is 9.94 Å². The lowest BCUT2D eigenvalue weighted by molar-refractivity contribution is 0.0262. The topological polar surface area (TPSA) is 83.5 Å². The van der Waals surface area contributed by atoms with Crippen LogP contribution < -0.4 is 10.8 Å². The molecule has 1 amide bonds. The van der Waals surface area contributed by atoms with E-state index in [2.05, 4.69) is 31.1 Å². The average molecular weight is 377 g/mol. The van der Waals surface area contributed by atoms with Gasteiger partial charge in [-0.05, 0) is 37.2 Å². The number of rotatable bonds is 7. The Morgan fingerprint density at radius 2 is 2.15 bits per heavy atom. The Bertz CT molecular complexity index is 684. The second-order valence-corrected chi connectivity index (χ2v) is 6.02. The van der Waals surface area contributed by atoms with Crippen LogP contribution in [0.2, 0.25) is 0 Å². The minimum absolute atomic E-state index is 0.0167. The SMILES string of the molecule is CC.CC1=CCC(P)=C(Nc2cnccc2C(=O)NOCCCO)C=C1. The quantitative estimate of drug-likeness (QED) is 0.384. The molecule has 1 atom stereocenters. The molecule has 1 heterocycles. The smallest absolute Gasteiger partial charge is 0.277 e. The van der Waals surface area contributed by atoms with E-state index in [0.29, 0.717) is 17.7 Å². The highest BCUT2D eigenvalue weighted by Gasteiger charge is 2.13. The number of allylic oxidation sites excluding steroid dienone is 5. The zero-order valence-electron chi connectivity index (χ0n) is 15.6. The number of aromatic nitrogens is 1. The monoisotopic (exact) mass is 377 g/mol. The van der Waals surface area contributed by atoms with Crippen LogP contribution in [-0.2, 0) is 4.84 Å². The summed E-state index contributed by atoms with van der Waals surface area (Å²) in [6.07, 6.45) is 10.6. The number of anilines is 1. The van der Waals surface area contributed by atoms with E-state index in [-0.39, 0.29) is 19.1 Å². The molecule has 0 spiro atoms. The number of carbonyl (C=O) groups is 1. The van der Waals surface area contributed by atoms with Crippen LogP contribution in [0.5, 0.6) is 0 Å². The maximum absolute atomic E-state index is 12.3. The molecule has 0 radical (unpaired) electrons. The van der Waals surface area contributed by atoms with Crippen LogP contribution in [0.25, 0.3) is 0 Å². The summed E-state index contributed by atoms with van der Waals surface area (Å²) in [5.41, 5.74) is 5.51. The molecule has 0 aromatic carbocycles. The van der Waals surface area contributed by atoms with Crippen LogP contribution >= 0.6 is 9.24 Å². The van der Waals surface area contributed by atoms with Crippen LogP contribution in [0.3, 0.4) is 0 Å². The van der Waals surface area contributed by atoms with Crippen molar-refractivity contribution in [3.63, 3.8) is 0 Å². The summed E-state index contributed by atoms with van der Waals surface area (Å²) in [6, 6.07) is 1.63. The van der Waals surface area contributed by atoms with Crippen molar-refractivity contribution in [2.45, 2.75) is 33.6 Å². The molecule has 1 aliphatic rings. The van der Waals surface area contributed by atoms with Crippen molar-refractivity contribution in [1.29, 1.82) is 0 Å². The summed E-state index contributed by atoms with van der Waals surface area (Å²) in [5, 5.41) is 13.1. The fraction of sp³-hybridized carbons (Fsp3) is 0.368. The van der Waals surface area contributed by atoms with E-state index < -0.39 is 0 Å². The zero-order chi connectivity index (χ0) is 19.4. The number of hydrogen-bond donors (Lipinski definition) is 3. The van der Waals surface area contributed by atoms with E-state index >= 15 is 0 Å². The number of carbonyl (C=O) groups excluding carboxylic acids is 1. The number of nitrogens with one attached hydrogen (secondary N) is 2. The van der Waals surface area contributed by atoms with Gasteiger partial charge in [0.05, 0.1) is 24.1 Å². The zero-order valence-corrected chi connectivity index (χ0v) is 16.7. The van der Waals surface area contributed by atoms with Crippen LogP contribution in [0.4, 0.5) is 5.69 Å². The summed E-state index contributed by atoms with van der Waals surface area (Å²) in [4.78, 5) is 21.4. The van der Waals surface area contributed by atoms with Gasteiger partial charge in [-0.2, -0.15) is 0 Å². The highest BCUT2D eigenvalue weighted by atomic mass is 31.0. The second kappa shape index (κ2) is 12.4. The second-order valence-electron chi connectivity index (χ2n) is 5.33. The Labute approximate surface area is 157 Å². The van der Waals surface area contributed by atoms with Crippen molar-refractivity contribution in [3.05, 3.63) is 58.8 Å². The molecule has 1 aromatic heterocycles. The molecule has 0 saturated heterocycles. The third-order valence-corrected chi connectivity index (χ3v) is 3.95. The molecular weight excluding hydrogens is 349 g/mol. The molecule has 0 saturated carbocycles. The highest BCUT2D eigenvalue weighted by Crippen LogP contribution is 2.25. The molecule has 0 aliphatic heterocycles. The third-order valence-electron chi connectivity index (χ3n) is 3.41. The van der Waals surface area contributed by atoms with Crippen molar-refractivity contribution in [2.24, 2.45) is 0 Å². The van der Waals surface area contributed by atoms with Gasteiger partial charge in [0.2, 0.25) is 0 Å². The van der Waals surface area contributed by atoms with Crippen molar-refractivity contribution in [2.75, 3.05) is 18.5 Å². The minimum Gasteiger partial charge on any atom is -0.396 e. The number of hydroxylamine groups is 1.